The Bertz CT molecular complexity index is 247. The zero-order valence-electron chi connectivity index (χ0n) is 7.97. The summed E-state index contributed by atoms with van der Waals surface area (Å²) in [6.07, 6.45) is 0. The van der Waals surface area contributed by atoms with Crippen molar-refractivity contribution in [2.75, 3.05) is 18.2 Å². The molecule has 0 aromatic rings. The first-order valence-corrected chi connectivity index (χ1v) is 5.54. The average Bonchev–Trinajstić information content (AvgIpc) is 2.63. The van der Waals surface area contributed by atoms with E-state index in [2.05, 4.69) is 0 Å². The van der Waals surface area contributed by atoms with Gasteiger partial charge in [0.1, 0.15) is 6.04 Å². The molecule has 2 atom stereocenters. The van der Waals surface area contributed by atoms with Crippen molar-refractivity contribution in [3.63, 3.8) is 0 Å². The summed E-state index contributed by atoms with van der Waals surface area (Å²) in [5.41, 5.74) is 5.36. The number of carbonyl (C=O) groups is 2. The maximum Gasteiger partial charge on any atom is 0.327 e. The topological polar surface area (TPSA) is 83.6 Å². The molecule has 0 aromatic heterocycles. The van der Waals surface area contributed by atoms with Crippen molar-refractivity contribution in [3.8, 4) is 0 Å². The van der Waals surface area contributed by atoms with Gasteiger partial charge in [-0.2, -0.15) is 0 Å². The Hall–Kier alpha value is -0.750. The van der Waals surface area contributed by atoms with Crippen molar-refractivity contribution in [1.82, 2.24) is 4.90 Å². The summed E-state index contributed by atoms with van der Waals surface area (Å²) in [4.78, 5) is 23.8. The lowest BCUT2D eigenvalue weighted by Crippen LogP contribution is -2.45. The fourth-order valence-corrected chi connectivity index (χ4v) is 2.40. The molecule has 6 heteroatoms. The van der Waals surface area contributed by atoms with Crippen molar-refractivity contribution in [1.29, 1.82) is 0 Å². The molecule has 1 fully saturated rings. The van der Waals surface area contributed by atoms with E-state index in [4.69, 9.17) is 10.8 Å². The smallest absolute Gasteiger partial charge is 0.327 e. The van der Waals surface area contributed by atoms with Crippen LogP contribution in [0.1, 0.15) is 6.92 Å². The second kappa shape index (κ2) is 4.65. The van der Waals surface area contributed by atoms with Crippen molar-refractivity contribution in [2.45, 2.75) is 13.0 Å². The van der Waals surface area contributed by atoms with Crippen LogP contribution in [-0.4, -0.2) is 46.1 Å². The minimum atomic E-state index is -0.937. The lowest BCUT2D eigenvalue weighted by Gasteiger charge is -2.23. The lowest BCUT2D eigenvalue weighted by atomic mass is 10.1. The van der Waals surface area contributed by atoms with E-state index in [9.17, 15) is 9.59 Å². The van der Waals surface area contributed by atoms with Crippen LogP contribution < -0.4 is 5.73 Å². The average molecular weight is 218 g/mol. The number of carbonyl (C=O) groups excluding carboxylic acids is 1. The minimum Gasteiger partial charge on any atom is -0.480 e. The molecule has 1 aliphatic heterocycles. The second-order valence-corrected chi connectivity index (χ2v) is 4.30. The number of rotatable bonds is 3. The van der Waals surface area contributed by atoms with Crippen LogP contribution >= 0.6 is 11.8 Å². The van der Waals surface area contributed by atoms with Crippen molar-refractivity contribution in [3.05, 3.63) is 0 Å². The molecule has 1 aliphatic rings. The quantitative estimate of drug-likeness (QED) is 0.671. The SMILES string of the molecule is CC(CN)C(=O)N1CSCC1C(=O)O. The van der Waals surface area contributed by atoms with Gasteiger partial charge in [-0.25, -0.2) is 4.79 Å². The Kier molecular flexibility index (Phi) is 3.77. The zero-order valence-corrected chi connectivity index (χ0v) is 8.79. The van der Waals surface area contributed by atoms with Gasteiger partial charge in [-0.05, 0) is 0 Å². The summed E-state index contributed by atoms with van der Waals surface area (Å²) in [5, 5.41) is 8.85. The van der Waals surface area contributed by atoms with Gasteiger partial charge in [0.2, 0.25) is 5.91 Å². The summed E-state index contributed by atoms with van der Waals surface area (Å²) in [6, 6.07) is -0.679. The first-order chi connectivity index (χ1) is 6.57. The Morgan fingerprint density at radius 2 is 2.36 bits per heavy atom. The number of aliphatic carboxylic acids is 1. The third kappa shape index (κ3) is 2.19. The Morgan fingerprint density at radius 1 is 1.71 bits per heavy atom. The van der Waals surface area contributed by atoms with Crippen molar-refractivity contribution in [2.24, 2.45) is 11.7 Å². The maximum absolute atomic E-state index is 11.7. The molecule has 0 radical (unpaired) electrons. The number of carboxylic acids is 1. The van der Waals surface area contributed by atoms with E-state index >= 15 is 0 Å². The normalized spacial score (nSPS) is 23.6. The van der Waals surface area contributed by atoms with Gasteiger partial charge in [-0.1, -0.05) is 6.92 Å². The number of nitrogens with zero attached hydrogens (tertiary/aromatic N) is 1. The van der Waals surface area contributed by atoms with Crippen LogP contribution in [0.5, 0.6) is 0 Å². The van der Waals surface area contributed by atoms with Crippen molar-refractivity contribution >= 4 is 23.6 Å². The summed E-state index contributed by atoms with van der Waals surface area (Å²) in [7, 11) is 0. The van der Waals surface area contributed by atoms with E-state index in [1.807, 2.05) is 0 Å². The third-order valence-electron chi connectivity index (χ3n) is 2.23. The predicted molar refractivity (Wildman–Crippen MR) is 53.8 cm³/mol. The molecule has 0 bridgehead atoms. The highest BCUT2D eigenvalue weighted by Gasteiger charge is 2.35. The first kappa shape index (κ1) is 11.3. The van der Waals surface area contributed by atoms with E-state index in [0.29, 0.717) is 11.6 Å². The minimum absolute atomic E-state index is 0.162. The van der Waals surface area contributed by atoms with E-state index in [1.165, 1.54) is 16.7 Å². The van der Waals surface area contributed by atoms with Gasteiger partial charge < -0.3 is 15.7 Å². The van der Waals surface area contributed by atoms with Gasteiger partial charge in [0.05, 0.1) is 5.88 Å². The highest BCUT2D eigenvalue weighted by Crippen LogP contribution is 2.22. The number of carboxylic acid groups (broad SMARTS) is 1. The molecule has 0 aliphatic carbocycles. The van der Waals surface area contributed by atoms with Gasteiger partial charge in [0.15, 0.2) is 0 Å². The predicted octanol–water partition coefficient (Wildman–Crippen LogP) is -0.433. The molecule has 1 amide bonds. The van der Waals surface area contributed by atoms with Gasteiger partial charge >= 0.3 is 5.97 Å². The monoisotopic (exact) mass is 218 g/mol. The fraction of sp³-hybridized carbons (Fsp3) is 0.750. The standard InChI is InChI=1S/C8H14N2O3S/c1-5(2-9)7(11)10-4-14-3-6(10)8(12)13/h5-6H,2-4,9H2,1H3,(H,12,13). The van der Waals surface area contributed by atoms with Crippen LogP contribution in [0.4, 0.5) is 0 Å². The molecule has 80 valence electrons. The highest BCUT2D eigenvalue weighted by molar-refractivity contribution is 7.99. The summed E-state index contributed by atoms with van der Waals surface area (Å²) < 4.78 is 0. The van der Waals surface area contributed by atoms with Gasteiger partial charge in [-0.15, -0.1) is 11.8 Å². The second-order valence-electron chi connectivity index (χ2n) is 3.30. The molecule has 5 nitrogen and oxygen atoms in total. The van der Waals surface area contributed by atoms with Crippen LogP contribution in [0.15, 0.2) is 0 Å². The number of thioether (sulfide) groups is 1. The molecule has 1 saturated heterocycles. The largest absolute Gasteiger partial charge is 0.480 e. The number of hydrogen-bond donors (Lipinski definition) is 2. The third-order valence-corrected chi connectivity index (χ3v) is 3.24. The summed E-state index contributed by atoms with van der Waals surface area (Å²) >= 11 is 1.46. The van der Waals surface area contributed by atoms with Crippen molar-refractivity contribution < 1.29 is 14.7 Å². The first-order valence-electron chi connectivity index (χ1n) is 4.39. The molecule has 0 saturated carbocycles. The van der Waals surface area contributed by atoms with Gasteiger partial charge in [0.25, 0.3) is 0 Å². The van der Waals surface area contributed by atoms with E-state index in [-0.39, 0.29) is 18.4 Å². The molecule has 0 spiro atoms. The molecule has 1 heterocycles. The summed E-state index contributed by atoms with van der Waals surface area (Å²) in [5.74, 6) is -0.466. The summed E-state index contributed by atoms with van der Waals surface area (Å²) in [6.45, 7) is 1.97. The highest BCUT2D eigenvalue weighted by atomic mass is 32.2. The van der Waals surface area contributed by atoms with Gasteiger partial charge in [0, 0.05) is 18.2 Å². The molecule has 3 N–H and O–H groups in total. The fourth-order valence-electron chi connectivity index (χ4n) is 1.25. The van der Waals surface area contributed by atoms with Crippen LogP contribution in [0.3, 0.4) is 0 Å². The molecule has 14 heavy (non-hydrogen) atoms. The van der Waals surface area contributed by atoms with Crippen LogP contribution in [0.25, 0.3) is 0 Å². The zero-order chi connectivity index (χ0) is 10.7. The van der Waals surface area contributed by atoms with Crippen LogP contribution in [0, 0.1) is 5.92 Å². The lowest BCUT2D eigenvalue weighted by molar-refractivity contribution is -0.149. The Morgan fingerprint density at radius 3 is 2.86 bits per heavy atom. The molecule has 2 unspecified atom stereocenters. The molecular weight excluding hydrogens is 204 g/mol. The van der Waals surface area contributed by atoms with E-state index < -0.39 is 12.0 Å². The maximum atomic E-state index is 11.7. The number of nitrogens with two attached hydrogens (primary N) is 1. The van der Waals surface area contributed by atoms with E-state index in [0.717, 1.165) is 0 Å². The van der Waals surface area contributed by atoms with Crippen LogP contribution in [-0.2, 0) is 9.59 Å². The van der Waals surface area contributed by atoms with Crippen LogP contribution in [0.2, 0.25) is 0 Å². The van der Waals surface area contributed by atoms with E-state index in [1.54, 1.807) is 6.92 Å². The Balaban J connectivity index is 2.67. The molecule has 1 rings (SSSR count). The van der Waals surface area contributed by atoms with Gasteiger partial charge in [-0.3, -0.25) is 4.79 Å². The molecule has 0 aromatic carbocycles. The molecular formula is C8H14N2O3S. The Labute approximate surface area is 86.6 Å². The number of hydrogen-bond acceptors (Lipinski definition) is 4. The number of amides is 1.